The van der Waals surface area contributed by atoms with Crippen molar-refractivity contribution >= 4 is 29.2 Å². The van der Waals surface area contributed by atoms with Crippen LogP contribution < -0.4 is 16.0 Å². The fourth-order valence-electron chi connectivity index (χ4n) is 1.94. The zero-order chi connectivity index (χ0) is 15.9. The van der Waals surface area contributed by atoms with E-state index in [9.17, 15) is 4.79 Å². The summed E-state index contributed by atoms with van der Waals surface area (Å²) in [6.07, 6.45) is 2.71. The van der Waals surface area contributed by atoms with Crippen LogP contribution in [0.2, 0.25) is 5.02 Å². The normalized spacial score (nSPS) is 14.6. The maximum Gasteiger partial charge on any atom is 0.226 e. The third-order valence-electron chi connectivity index (χ3n) is 3.27. The van der Waals surface area contributed by atoms with E-state index in [0.29, 0.717) is 29.7 Å². The van der Waals surface area contributed by atoms with Crippen LogP contribution in [0, 0.1) is 6.92 Å². The van der Waals surface area contributed by atoms with Gasteiger partial charge in [0.15, 0.2) is 5.96 Å². The Morgan fingerprint density at radius 2 is 2.18 bits per heavy atom. The number of aliphatic imine (C=N–C) groups is 1. The third-order valence-corrected chi connectivity index (χ3v) is 3.58. The molecule has 1 aromatic carbocycles. The van der Waals surface area contributed by atoms with E-state index in [1.807, 2.05) is 32.0 Å². The van der Waals surface area contributed by atoms with Crippen molar-refractivity contribution in [3.63, 3.8) is 0 Å². The van der Waals surface area contributed by atoms with Crippen molar-refractivity contribution in [3.8, 4) is 0 Å². The standard InChI is InChI=1S/C16H23ClN4O/c1-3-18-16(20-12-5-6-12)19-9-8-15(22)21-14-7-4-11(2)10-13(14)17/h4,7,10,12H,3,5-6,8-9H2,1-2H3,(H,21,22)(H2,18,19,20). The van der Waals surface area contributed by atoms with Crippen LogP contribution in [0.5, 0.6) is 0 Å². The van der Waals surface area contributed by atoms with Gasteiger partial charge in [-0.3, -0.25) is 9.79 Å². The molecule has 0 spiro atoms. The van der Waals surface area contributed by atoms with Gasteiger partial charge >= 0.3 is 0 Å². The summed E-state index contributed by atoms with van der Waals surface area (Å²) in [5.74, 6) is 0.697. The molecule has 2 rings (SSSR count). The number of halogens is 1. The molecular weight excluding hydrogens is 300 g/mol. The molecule has 1 aromatic rings. The molecule has 0 atom stereocenters. The quantitative estimate of drug-likeness (QED) is 0.557. The van der Waals surface area contributed by atoms with Crippen molar-refractivity contribution in [2.45, 2.75) is 39.2 Å². The molecule has 0 radical (unpaired) electrons. The van der Waals surface area contributed by atoms with Crippen LogP contribution in [0.4, 0.5) is 5.69 Å². The van der Waals surface area contributed by atoms with Crippen LogP contribution in [0.25, 0.3) is 0 Å². The van der Waals surface area contributed by atoms with Gasteiger partial charge in [0.25, 0.3) is 0 Å². The molecule has 0 bridgehead atoms. The SMILES string of the molecule is CCNC(=NCCC(=O)Nc1ccc(C)cc1Cl)NC1CC1. The summed E-state index contributed by atoms with van der Waals surface area (Å²) in [7, 11) is 0. The first-order chi connectivity index (χ1) is 10.6. The fourth-order valence-corrected chi connectivity index (χ4v) is 2.23. The Hall–Kier alpha value is -1.75. The number of aryl methyl sites for hydroxylation is 1. The highest BCUT2D eigenvalue weighted by molar-refractivity contribution is 6.33. The smallest absolute Gasteiger partial charge is 0.226 e. The highest BCUT2D eigenvalue weighted by Crippen LogP contribution is 2.22. The Morgan fingerprint density at radius 3 is 2.82 bits per heavy atom. The highest BCUT2D eigenvalue weighted by atomic mass is 35.5. The molecule has 1 aliphatic rings. The van der Waals surface area contributed by atoms with Crippen LogP contribution in [0.1, 0.15) is 31.7 Å². The van der Waals surface area contributed by atoms with Gasteiger partial charge in [0.1, 0.15) is 0 Å². The van der Waals surface area contributed by atoms with E-state index in [1.165, 1.54) is 12.8 Å². The van der Waals surface area contributed by atoms with Crippen molar-refractivity contribution < 1.29 is 4.79 Å². The molecule has 22 heavy (non-hydrogen) atoms. The van der Waals surface area contributed by atoms with Crippen molar-refractivity contribution in [1.82, 2.24) is 10.6 Å². The number of benzene rings is 1. The fraction of sp³-hybridized carbons (Fsp3) is 0.500. The first-order valence-corrected chi connectivity index (χ1v) is 8.07. The van der Waals surface area contributed by atoms with Crippen molar-refractivity contribution in [3.05, 3.63) is 28.8 Å². The van der Waals surface area contributed by atoms with E-state index >= 15 is 0 Å². The molecule has 1 amide bonds. The number of hydrogen-bond donors (Lipinski definition) is 3. The molecule has 0 saturated heterocycles. The third kappa shape index (κ3) is 5.56. The van der Waals surface area contributed by atoms with Crippen LogP contribution in [0.3, 0.4) is 0 Å². The van der Waals surface area contributed by atoms with E-state index in [4.69, 9.17) is 11.6 Å². The summed E-state index contributed by atoms with van der Waals surface area (Å²) in [4.78, 5) is 16.4. The number of guanidine groups is 1. The minimum atomic E-state index is -0.0863. The van der Waals surface area contributed by atoms with Gasteiger partial charge in [-0.15, -0.1) is 0 Å². The molecule has 1 aliphatic carbocycles. The number of nitrogens with zero attached hydrogens (tertiary/aromatic N) is 1. The lowest BCUT2D eigenvalue weighted by Gasteiger charge is -2.10. The Kier molecular flexibility index (Phi) is 6.07. The summed E-state index contributed by atoms with van der Waals surface area (Å²) < 4.78 is 0. The summed E-state index contributed by atoms with van der Waals surface area (Å²) in [6, 6.07) is 6.11. The van der Waals surface area contributed by atoms with Gasteiger partial charge in [0, 0.05) is 19.0 Å². The Balaban J connectivity index is 1.80. The van der Waals surface area contributed by atoms with Crippen LogP contribution in [-0.4, -0.2) is 31.0 Å². The first-order valence-electron chi connectivity index (χ1n) is 7.69. The average molecular weight is 323 g/mol. The minimum Gasteiger partial charge on any atom is -0.357 e. The van der Waals surface area contributed by atoms with Gasteiger partial charge in [0.2, 0.25) is 5.91 Å². The van der Waals surface area contributed by atoms with E-state index < -0.39 is 0 Å². The minimum absolute atomic E-state index is 0.0863. The number of hydrogen-bond acceptors (Lipinski definition) is 2. The maximum atomic E-state index is 11.9. The molecule has 0 unspecified atom stereocenters. The molecule has 1 saturated carbocycles. The molecule has 6 heteroatoms. The summed E-state index contributed by atoms with van der Waals surface area (Å²) >= 11 is 6.10. The summed E-state index contributed by atoms with van der Waals surface area (Å²) in [5, 5.41) is 9.87. The zero-order valence-corrected chi connectivity index (χ0v) is 13.8. The van der Waals surface area contributed by atoms with Gasteiger partial charge in [-0.2, -0.15) is 0 Å². The lowest BCUT2D eigenvalue weighted by atomic mass is 10.2. The molecule has 0 heterocycles. The zero-order valence-electron chi connectivity index (χ0n) is 13.1. The number of amides is 1. The van der Waals surface area contributed by atoms with Crippen molar-refractivity contribution in [1.29, 1.82) is 0 Å². The highest BCUT2D eigenvalue weighted by Gasteiger charge is 2.22. The monoisotopic (exact) mass is 322 g/mol. The molecule has 0 aromatic heterocycles. The lowest BCUT2D eigenvalue weighted by molar-refractivity contribution is -0.116. The van der Waals surface area contributed by atoms with E-state index in [1.54, 1.807) is 0 Å². The van der Waals surface area contributed by atoms with Crippen LogP contribution >= 0.6 is 11.6 Å². The Labute approximate surface area is 136 Å². The number of rotatable bonds is 6. The van der Waals surface area contributed by atoms with Gasteiger partial charge < -0.3 is 16.0 Å². The summed E-state index contributed by atoms with van der Waals surface area (Å²) in [5.41, 5.74) is 1.71. The number of nitrogens with one attached hydrogen (secondary N) is 3. The molecule has 3 N–H and O–H groups in total. The molecule has 1 fully saturated rings. The van der Waals surface area contributed by atoms with Crippen LogP contribution in [0.15, 0.2) is 23.2 Å². The van der Waals surface area contributed by atoms with E-state index in [2.05, 4.69) is 20.9 Å². The molecular formula is C16H23ClN4O. The van der Waals surface area contributed by atoms with Gasteiger partial charge in [-0.05, 0) is 44.4 Å². The van der Waals surface area contributed by atoms with E-state index in [-0.39, 0.29) is 5.91 Å². The second-order valence-electron chi connectivity index (χ2n) is 5.46. The number of carbonyl (C=O) groups excluding carboxylic acids is 1. The summed E-state index contributed by atoms with van der Waals surface area (Å²) in [6.45, 7) is 5.23. The molecule has 0 aliphatic heterocycles. The lowest BCUT2D eigenvalue weighted by Crippen LogP contribution is -2.38. The Morgan fingerprint density at radius 1 is 1.41 bits per heavy atom. The average Bonchev–Trinajstić information content (AvgIpc) is 3.26. The maximum absolute atomic E-state index is 11.9. The predicted molar refractivity (Wildman–Crippen MR) is 91.6 cm³/mol. The second kappa shape index (κ2) is 8.03. The van der Waals surface area contributed by atoms with Gasteiger partial charge in [-0.1, -0.05) is 17.7 Å². The second-order valence-corrected chi connectivity index (χ2v) is 5.87. The van der Waals surface area contributed by atoms with Crippen LogP contribution in [-0.2, 0) is 4.79 Å². The molecule has 120 valence electrons. The van der Waals surface area contributed by atoms with Crippen molar-refractivity contribution in [2.24, 2.45) is 4.99 Å². The topological polar surface area (TPSA) is 65.5 Å². The largest absolute Gasteiger partial charge is 0.357 e. The van der Waals surface area contributed by atoms with Gasteiger partial charge in [-0.25, -0.2) is 0 Å². The number of anilines is 1. The van der Waals surface area contributed by atoms with Gasteiger partial charge in [0.05, 0.1) is 17.3 Å². The number of carbonyl (C=O) groups is 1. The Bertz CT molecular complexity index is 555. The van der Waals surface area contributed by atoms with Crippen molar-refractivity contribution in [2.75, 3.05) is 18.4 Å². The van der Waals surface area contributed by atoms with E-state index in [0.717, 1.165) is 18.1 Å². The predicted octanol–water partition coefficient (Wildman–Crippen LogP) is 2.69. The first kappa shape index (κ1) is 16.6. The molecule has 5 nitrogen and oxygen atoms in total.